The first-order valence-corrected chi connectivity index (χ1v) is 2.96. The minimum Gasteiger partial charge on any atom is -0.630 e. The molecular weight excluding hydrogens is 130 g/mol. The molecule has 0 aliphatic carbocycles. The Balaban J connectivity index is 2.80. The molecule has 0 fully saturated rings. The molecule has 0 atom stereocenters. The van der Waals surface area contributed by atoms with Crippen molar-refractivity contribution in [2.24, 2.45) is 0 Å². The number of ether oxygens (including phenoxy) is 1. The SMILES string of the molecule is COc1ccc([NH2+][O-])cc1. The van der Waals surface area contributed by atoms with Crippen molar-refractivity contribution in [2.45, 2.75) is 0 Å². The second-order valence-corrected chi connectivity index (χ2v) is 1.89. The van der Waals surface area contributed by atoms with Gasteiger partial charge in [-0.15, -0.1) is 0 Å². The number of methoxy groups -OCH3 is 1. The van der Waals surface area contributed by atoms with Crippen LogP contribution < -0.4 is 10.2 Å². The third-order valence-electron chi connectivity index (χ3n) is 1.25. The van der Waals surface area contributed by atoms with Crippen LogP contribution in [0.4, 0.5) is 5.69 Å². The third kappa shape index (κ3) is 1.46. The number of quaternary nitrogens is 1. The van der Waals surface area contributed by atoms with E-state index in [0.717, 1.165) is 11.2 Å². The van der Waals surface area contributed by atoms with E-state index >= 15 is 0 Å². The minimum atomic E-state index is 0.667. The summed E-state index contributed by atoms with van der Waals surface area (Å²) < 4.78 is 4.90. The van der Waals surface area contributed by atoms with Crippen LogP contribution in [0.2, 0.25) is 0 Å². The molecule has 0 aliphatic rings. The number of nitrogens with two attached hydrogens (primary N) is 1. The van der Waals surface area contributed by atoms with Gasteiger partial charge >= 0.3 is 0 Å². The Hall–Kier alpha value is -1.06. The van der Waals surface area contributed by atoms with Crippen LogP contribution in [0.25, 0.3) is 0 Å². The predicted octanol–water partition coefficient (Wildman–Crippen LogP) is 0.388. The van der Waals surface area contributed by atoms with Gasteiger partial charge in [-0.1, -0.05) is 0 Å². The van der Waals surface area contributed by atoms with Crippen molar-refractivity contribution in [3.63, 3.8) is 0 Å². The fraction of sp³-hybridized carbons (Fsp3) is 0.143. The number of benzene rings is 1. The lowest BCUT2D eigenvalue weighted by Crippen LogP contribution is -2.69. The van der Waals surface area contributed by atoms with E-state index in [0.29, 0.717) is 5.69 Å². The molecule has 0 spiro atoms. The van der Waals surface area contributed by atoms with Gasteiger partial charge in [0.05, 0.1) is 7.11 Å². The highest BCUT2D eigenvalue weighted by atomic mass is 16.5. The lowest BCUT2D eigenvalue weighted by atomic mass is 10.3. The summed E-state index contributed by atoms with van der Waals surface area (Å²) in [4.78, 5) is 0. The van der Waals surface area contributed by atoms with Gasteiger partial charge in [0.25, 0.3) is 0 Å². The zero-order valence-electron chi connectivity index (χ0n) is 5.70. The molecule has 0 saturated heterocycles. The van der Waals surface area contributed by atoms with Gasteiger partial charge in [0.1, 0.15) is 11.4 Å². The van der Waals surface area contributed by atoms with E-state index in [1.54, 1.807) is 31.4 Å². The van der Waals surface area contributed by atoms with Crippen LogP contribution in [-0.4, -0.2) is 7.11 Å². The molecule has 0 aromatic heterocycles. The average Bonchev–Trinajstić information content (AvgIpc) is 2.05. The number of hydrogen-bond acceptors (Lipinski definition) is 2. The van der Waals surface area contributed by atoms with Gasteiger partial charge in [-0.05, 0) is 12.1 Å². The molecule has 0 unspecified atom stereocenters. The van der Waals surface area contributed by atoms with Crippen molar-refractivity contribution in [3.05, 3.63) is 29.5 Å². The van der Waals surface area contributed by atoms with Gasteiger partial charge in [0, 0.05) is 12.1 Å². The molecule has 10 heavy (non-hydrogen) atoms. The van der Waals surface area contributed by atoms with Gasteiger partial charge in [-0.25, -0.2) is 0 Å². The van der Waals surface area contributed by atoms with Crippen molar-refractivity contribution in [1.82, 2.24) is 0 Å². The maximum absolute atomic E-state index is 10.2. The second-order valence-electron chi connectivity index (χ2n) is 1.89. The minimum absolute atomic E-state index is 0.667. The van der Waals surface area contributed by atoms with E-state index in [9.17, 15) is 5.21 Å². The zero-order chi connectivity index (χ0) is 7.40. The highest BCUT2D eigenvalue weighted by Crippen LogP contribution is 2.10. The van der Waals surface area contributed by atoms with Crippen molar-refractivity contribution < 1.29 is 10.2 Å². The Morgan fingerprint density at radius 1 is 1.30 bits per heavy atom. The summed E-state index contributed by atoms with van der Waals surface area (Å²) >= 11 is 0. The summed E-state index contributed by atoms with van der Waals surface area (Å²) in [5.41, 5.74) is 1.47. The van der Waals surface area contributed by atoms with Crippen molar-refractivity contribution in [2.75, 3.05) is 7.11 Å². The molecule has 0 heterocycles. The van der Waals surface area contributed by atoms with Crippen LogP contribution in [0, 0.1) is 5.21 Å². The highest BCUT2D eigenvalue weighted by Gasteiger charge is 1.90. The van der Waals surface area contributed by atoms with Crippen LogP contribution in [0.1, 0.15) is 0 Å². The second kappa shape index (κ2) is 3.20. The summed E-state index contributed by atoms with van der Waals surface area (Å²) in [6, 6.07) is 6.94. The molecule has 0 bridgehead atoms. The molecule has 1 rings (SSSR count). The van der Waals surface area contributed by atoms with Crippen LogP contribution in [-0.2, 0) is 0 Å². The first-order chi connectivity index (χ1) is 4.86. The molecule has 1 aromatic carbocycles. The predicted molar refractivity (Wildman–Crippen MR) is 37.9 cm³/mol. The lowest BCUT2D eigenvalue weighted by molar-refractivity contribution is -0.497. The molecule has 0 aliphatic heterocycles. The van der Waals surface area contributed by atoms with E-state index in [4.69, 9.17) is 4.74 Å². The molecule has 3 heteroatoms. The fourth-order valence-corrected chi connectivity index (χ4v) is 0.682. The van der Waals surface area contributed by atoms with Gasteiger partial charge in [0.2, 0.25) is 0 Å². The number of rotatable bonds is 2. The van der Waals surface area contributed by atoms with E-state index in [-0.39, 0.29) is 0 Å². The zero-order valence-corrected chi connectivity index (χ0v) is 5.70. The standard InChI is InChI=1S/C7H9NO2/c1-10-7-4-2-6(8-9)3-5-7/h2-5H,8H2,1H3. The monoisotopic (exact) mass is 139 g/mol. The molecule has 0 amide bonds. The fourth-order valence-electron chi connectivity index (χ4n) is 0.682. The summed E-state index contributed by atoms with van der Waals surface area (Å²) in [7, 11) is 1.59. The Morgan fingerprint density at radius 2 is 1.90 bits per heavy atom. The summed E-state index contributed by atoms with van der Waals surface area (Å²) in [6.07, 6.45) is 0. The van der Waals surface area contributed by atoms with Crippen LogP contribution in [0.3, 0.4) is 0 Å². The largest absolute Gasteiger partial charge is 0.630 e. The maximum atomic E-state index is 10.2. The first kappa shape index (κ1) is 7.05. The summed E-state index contributed by atoms with van der Waals surface area (Å²) in [5, 5.41) is 10.2. The molecule has 3 nitrogen and oxygen atoms in total. The number of hydrogen-bond donors (Lipinski definition) is 1. The molecule has 0 radical (unpaired) electrons. The van der Waals surface area contributed by atoms with E-state index in [1.807, 2.05) is 0 Å². The molecule has 2 N–H and O–H groups in total. The average molecular weight is 139 g/mol. The van der Waals surface area contributed by atoms with Crippen LogP contribution >= 0.6 is 0 Å². The molecule has 0 saturated carbocycles. The Kier molecular flexibility index (Phi) is 2.25. The van der Waals surface area contributed by atoms with Crippen molar-refractivity contribution >= 4 is 5.69 Å². The van der Waals surface area contributed by atoms with Crippen LogP contribution in [0.5, 0.6) is 5.75 Å². The van der Waals surface area contributed by atoms with Crippen molar-refractivity contribution in [1.29, 1.82) is 0 Å². The molecule has 1 aromatic rings. The molecular formula is C7H9NO2. The van der Waals surface area contributed by atoms with Gasteiger partial charge in [0.15, 0.2) is 0 Å². The normalized spacial score (nSPS) is 9.40. The Bertz CT molecular complexity index is 172. The van der Waals surface area contributed by atoms with E-state index in [2.05, 4.69) is 0 Å². The smallest absolute Gasteiger partial charge is 0.129 e. The Labute approximate surface area is 59.2 Å². The quantitative estimate of drug-likeness (QED) is 0.476. The third-order valence-corrected chi connectivity index (χ3v) is 1.25. The van der Waals surface area contributed by atoms with Crippen LogP contribution in [0.15, 0.2) is 24.3 Å². The first-order valence-electron chi connectivity index (χ1n) is 2.96. The topological polar surface area (TPSA) is 48.9 Å². The molecule has 54 valence electrons. The maximum Gasteiger partial charge on any atom is 0.129 e. The van der Waals surface area contributed by atoms with Crippen molar-refractivity contribution in [3.8, 4) is 5.75 Å². The van der Waals surface area contributed by atoms with E-state index in [1.165, 1.54) is 0 Å². The summed E-state index contributed by atoms with van der Waals surface area (Å²) in [5.74, 6) is 0.769. The van der Waals surface area contributed by atoms with Gasteiger partial charge in [-0.3, -0.25) is 0 Å². The van der Waals surface area contributed by atoms with Gasteiger partial charge in [-0.2, -0.15) is 0 Å². The Morgan fingerprint density at radius 3 is 2.30 bits per heavy atom. The highest BCUT2D eigenvalue weighted by molar-refractivity contribution is 5.34. The lowest BCUT2D eigenvalue weighted by Gasteiger charge is -2.01. The van der Waals surface area contributed by atoms with E-state index < -0.39 is 0 Å². The summed E-state index contributed by atoms with van der Waals surface area (Å²) in [6.45, 7) is 0. The van der Waals surface area contributed by atoms with Gasteiger partial charge < -0.3 is 15.4 Å².